The van der Waals surface area contributed by atoms with Gasteiger partial charge in [-0.3, -0.25) is 0 Å². The lowest BCUT2D eigenvalue weighted by Crippen LogP contribution is -2.08. The third-order valence-corrected chi connectivity index (χ3v) is 10.1. The predicted octanol–water partition coefficient (Wildman–Crippen LogP) is 2.21. The number of hydrogen-bond donors (Lipinski definition) is 0. The number of halogens is 2. The van der Waals surface area contributed by atoms with Gasteiger partial charge in [0.2, 0.25) is 0 Å². The molecular formula is C3H8I2Si. The Balaban J connectivity index is 2.99. The first-order valence-corrected chi connectivity index (χ1v) is 7.39. The van der Waals surface area contributed by atoms with Gasteiger partial charge in [-0.1, -0.05) is 58.3 Å². The number of rotatable bonds is 1. The van der Waals surface area contributed by atoms with Crippen LogP contribution in [-0.4, -0.2) is 10.4 Å². The minimum atomic E-state index is -0.270. The molecule has 0 atom stereocenters. The van der Waals surface area contributed by atoms with Crippen LogP contribution in [-0.2, 0) is 0 Å². The van der Waals surface area contributed by atoms with Gasteiger partial charge in [0, 0.05) is 0 Å². The van der Waals surface area contributed by atoms with Gasteiger partial charge >= 0.3 is 0 Å². The maximum atomic E-state index is 2.48. The summed E-state index contributed by atoms with van der Waals surface area (Å²) in [6.07, 6.45) is 0. The molecule has 0 spiro atoms. The average Bonchev–Trinajstić information content (AvgIpc) is 1.36. The van der Waals surface area contributed by atoms with Gasteiger partial charge in [0.05, 0.1) is 10.4 Å². The summed E-state index contributed by atoms with van der Waals surface area (Å²) in [5.74, 6) is 0. The highest BCUT2D eigenvalue weighted by molar-refractivity contribution is 14.2. The summed E-state index contributed by atoms with van der Waals surface area (Å²) in [6.45, 7) is 4.73. The van der Waals surface area contributed by atoms with Gasteiger partial charge in [-0.25, -0.2) is 0 Å². The molecule has 0 aromatic rings. The summed E-state index contributed by atoms with van der Waals surface area (Å²) in [6, 6.07) is 0. The van der Waals surface area contributed by atoms with Crippen LogP contribution in [0.4, 0.5) is 0 Å². The highest BCUT2D eigenvalue weighted by Gasteiger charge is 2.02. The zero-order valence-corrected chi connectivity index (χ0v) is 9.38. The van der Waals surface area contributed by atoms with Crippen LogP contribution in [0.2, 0.25) is 13.1 Å². The van der Waals surface area contributed by atoms with Crippen molar-refractivity contribution in [1.29, 1.82) is 0 Å². The monoisotopic (exact) mass is 326 g/mol. The van der Waals surface area contributed by atoms with Crippen molar-refractivity contribution >= 4 is 54.0 Å². The highest BCUT2D eigenvalue weighted by atomic mass is 127. The van der Waals surface area contributed by atoms with Gasteiger partial charge in [0.25, 0.3) is 0 Å². The normalized spacial score (nSPS) is 11.0. The van der Waals surface area contributed by atoms with Crippen LogP contribution in [0.25, 0.3) is 0 Å². The summed E-state index contributed by atoms with van der Waals surface area (Å²) in [5.41, 5.74) is 0. The summed E-state index contributed by atoms with van der Waals surface area (Å²) in [4.78, 5) is 0. The Morgan fingerprint density at radius 1 is 1.33 bits per heavy atom. The fraction of sp³-hybridized carbons (Fsp3) is 1.00. The molecule has 0 aromatic carbocycles. The molecule has 0 nitrogen and oxygen atoms in total. The second-order valence-electron chi connectivity index (χ2n) is 1.58. The molecule has 0 saturated heterocycles. The maximum Gasteiger partial charge on any atom is 0.0579 e. The van der Waals surface area contributed by atoms with Crippen LogP contribution in [0.3, 0.4) is 0 Å². The second kappa shape index (κ2) is 3.65. The Bertz CT molecular complexity index is 29.8. The average molecular weight is 326 g/mol. The van der Waals surface area contributed by atoms with Crippen molar-refractivity contribution in [2.75, 3.05) is 0 Å². The lowest BCUT2D eigenvalue weighted by Gasteiger charge is -1.99. The van der Waals surface area contributed by atoms with Crippen LogP contribution >= 0.6 is 45.2 Å². The smallest absolute Gasteiger partial charge is 0.0579 e. The van der Waals surface area contributed by atoms with Crippen LogP contribution in [0, 0.1) is 0 Å². The largest absolute Gasteiger partial charge is 0.0751 e. The fourth-order valence-corrected chi connectivity index (χ4v) is 0. The molecule has 38 valence electrons. The second-order valence-corrected chi connectivity index (χ2v) is 12.5. The molecule has 0 unspecified atom stereocenters. The molecule has 0 saturated carbocycles. The summed E-state index contributed by atoms with van der Waals surface area (Å²) in [5, 5.41) is 0. The molecule has 0 aliphatic heterocycles. The number of alkyl halides is 2. The van der Waals surface area contributed by atoms with Gasteiger partial charge in [0.1, 0.15) is 0 Å². The zero-order valence-electron chi connectivity index (χ0n) is 3.91. The first-order chi connectivity index (χ1) is 2.64. The van der Waals surface area contributed by atoms with Crippen molar-refractivity contribution in [3.63, 3.8) is 0 Å². The van der Waals surface area contributed by atoms with Gasteiger partial charge in [-0.2, -0.15) is 0 Å². The third kappa shape index (κ3) is 3.85. The lowest BCUT2D eigenvalue weighted by atomic mass is 11.8. The van der Waals surface area contributed by atoms with E-state index >= 15 is 0 Å². The maximum absolute atomic E-state index is 2.48. The topological polar surface area (TPSA) is 0 Å². The molecule has 0 heterocycles. The van der Waals surface area contributed by atoms with Crippen molar-refractivity contribution in [3.8, 4) is 0 Å². The summed E-state index contributed by atoms with van der Waals surface area (Å²) >= 11 is 4.96. The summed E-state index contributed by atoms with van der Waals surface area (Å²) < 4.78 is 0.931. The third-order valence-electron chi connectivity index (χ3n) is 0.504. The van der Waals surface area contributed by atoms with E-state index in [1.807, 2.05) is 0 Å². The van der Waals surface area contributed by atoms with Crippen molar-refractivity contribution in [2.24, 2.45) is 0 Å². The van der Waals surface area contributed by atoms with Crippen molar-refractivity contribution in [1.82, 2.24) is 0 Å². The standard InChI is InChI=1S/C3H8I2Si/c1-6(2)3(4)5/h3,6H,1-2H3. The Morgan fingerprint density at radius 3 is 1.50 bits per heavy atom. The Labute approximate surface area is 68.0 Å². The molecule has 0 bridgehead atoms. The van der Waals surface area contributed by atoms with Crippen molar-refractivity contribution < 1.29 is 0 Å². The van der Waals surface area contributed by atoms with Gasteiger partial charge in [-0.15, -0.1) is 0 Å². The fourth-order valence-electron chi connectivity index (χ4n) is 0. The minimum Gasteiger partial charge on any atom is -0.0751 e. The van der Waals surface area contributed by atoms with E-state index in [9.17, 15) is 0 Å². The molecule has 0 fully saturated rings. The van der Waals surface area contributed by atoms with E-state index < -0.39 is 0 Å². The lowest BCUT2D eigenvalue weighted by molar-refractivity contribution is 1.87. The van der Waals surface area contributed by atoms with Crippen LogP contribution in [0.5, 0.6) is 0 Å². The minimum absolute atomic E-state index is 0.270. The van der Waals surface area contributed by atoms with E-state index in [1.165, 1.54) is 0 Å². The van der Waals surface area contributed by atoms with Gasteiger partial charge in [-0.05, 0) is 0 Å². The van der Waals surface area contributed by atoms with Crippen LogP contribution in [0.15, 0.2) is 0 Å². The van der Waals surface area contributed by atoms with Gasteiger partial charge < -0.3 is 0 Å². The molecule has 0 rings (SSSR count). The molecule has 0 aromatic heterocycles. The van der Waals surface area contributed by atoms with E-state index in [1.54, 1.807) is 0 Å². The molecular weight excluding hydrogens is 318 g/mol. The van der Waals surface area contributed by atoms with E-state index in [0.717, 1.165) is 1.55 Å². The molecule has 0 N–H and O–H groups in total. The summed E-state index contributed by atoms with van der Waals surface area (Å²) in [7, 11) is -0.270. The molecule has 0 radical (unpaired) electrons. The van der Waals surface area contributed by atoms with E-state index in [2.05, 4.69) is 58.3 Å². The molecule has 6 heavy (non-hydrogen) atoms. The van der Waals surface area contributed by atoms with Crippen molar-refractivity contribution in [2.45, 2.75) is 14.6 Å². The Morgan fingerprint density at radius 2 is 1.50 bits per heavy atom. The quantitative estimate of drug-likeness (QED) is 0.394. The Kier molecular flexibility index (Phi) is 4.67. The van der Waals surface area contributed by atoms with Crippen molar-refractivity contribution in [3.05, 3.63) is 0 Å². The highest BCUT2D eigenvalue weighted by Crippen LogP contribution is 2.12. The number of hydrogen-bond acceptors (Lipinski definition) is 0. The van der Waals surface area contributed by atoms with Gasteiger partial charge in [0.15, 0.2) is 0 Å². The first kappa shape index (κ1) is 7.68. The van der Waals surface area contributed by atoms with E-state index in [-0.39, 0.29) is 8.80 Å². The zero-order chi connectivity index (χ0) is 5.15. The van der Waals surface area contributed by atoms with Crippen LogP contribution < -0.4 is 0 Å². The first-order valence-electron chi connectivity index (χ1n) is 1.92. The molecule has 3 heteroatoms. The van der Waals surface area contributed by atoms with E-state index in [4.69, 9.17) is 0 Å². The Hall–Kier alpha value is 1.68. The predicted molar refractivity (Wildman–Crippen MR) is 50.7 cm³/mol. The van der Waals surface area contributed by atoms with E-state index in [0.29, 0.717) is 0 Å². The molecule has 0 aliphatic carbocycles. The molecule has 0 aliphatic rings. The SMILES string of the molecule is C[SiH](C)C(I)I. The van der Waals surface area contributed by atoms with Crippen LogP contribution in [0.1, 0.15) is 0 Å². The molecule has 0 amide bonds.